The molecular formula is C12H22N2O2. The summed E-state index contributed by atoms with van der Waals surface area (Å²) in [5.41, 5.74) is 0. The molecule has 2 aliphatic rings. The van der Waals surface area contributed by atoms with E-state index in [0.29, 0.717) is 12.0 Å². The lowest BCUT2D eigenvalue weighted by molar-refractivity contribution is -0.137. The molecule has 1 N–H and O–H groups in total. The summed E-state index contributed by atoms with van der Waals surface area (Å²) in [6.07, 6.45) is 4.82. The van der Waals surface area contributed by atoms with Crippen LogP contribution in [0.5, 0.6) is 0 Å². The Morgan fingerprint density at radius 3 is 3.00 bits per heavy atom. The van der Waals surface area contributed by atoms with Crippen LogP contribution in [0.1, 0.15) is 25.7 Å². The Labute approximate surface area is 97.3 Å². The third-order valence-corrected chi connectivity index (χ3v) is 3.77. The zero-order valence-corrected chi connectivity index (χ0v) is 10.1. The Morgan fingerprint density at radius 1 is 1.44 bits per heavy atom. The Hall–Kier alpha value is -0.610. The number of hydrogen-bond donors (Lipinski definition) is 1. The second-order valence-corrected chi connectivity index (χ2v) is 4.84. The van der Waals surface area contributed by atoms with Crippen LogP contribution in [0, 0.1) is 5.92 Å². The van der Waals surface area contributed by atoms with Gasteiger partial charge in [0.2, 0.25) is 5.91 Å². The summed E-state index contributed by atoms with van der Waals surface area (Å²) in [5.74, 6) is 0.813. The second kappa shape index (κ2) is 5.64. The lowest BCUT2D eigenvalue weighted by Gasteiger charge is -2.34. The molecule has 0 bridgehead atoms. The van der Waals surface area contributed by atoms with E-state index in [-0.39, 0.29) is 12.5 Å². The van der Waals surface area contributed by atoms with Gasteiger partial charge in [-0.1, -0.05) is 0 Å². The maximum absolute atomic E-state index is 11.9. The van der Waals surface area contributed by atoms with Crippen LogP contribution >= 0.6 is 0 Å². The van der Waals surface area contributed by atoms with Crippen LogP contribution in [-0.4, -0.2) is 50.2 Å². The van der Waals surface area contributed by atoms with Crippen LogP contribution in [0.3, 0.4) is 0 Å². The van der Waals surface area contributed by atoms with Gasteiger partial charge in [0, 0.05) is 19.7 Å². The van der Waals surface area contributed by atoms with E-state index in [2.05, 4.69) is 5.32 Å². The number of methoxy groups -OCH3 is 1. The van der Waals surface area contributed by atoms with Crippen LogP contribution in [0.2, 0.25) is 0 Å². The molecule has 0 aliphatic carbocycles. The van der Waals surface area contributed by atoms with Gasteiger partial charge in [-0.3, -0.25) is 4.79 Å². The lowest BCUT2D eigenvalue weighted by atomic mass is 9.90. The number of amides is 1. The Balaban J connectivity index is 1.93. The highest BCUT2D eigenvalue weighted by atomic mass is 16.5. The van der Waals surface area contributed by atoms with Gasteiger partial charge in [-0.2, -0.15) is 0 Å². The highest BCUT2D eigenvalue weighted by molar-refractivity contribution is 5.78. The summed E-state index contributed by atoms with van der Waals surface area (Å²) in [7, 11) is 1.59. The number of piperidine rings is 1. The molecule has 4 heteroatoms. The maximum Gasteiger partial charge on any atom is 0.248 e. The summed E-state index contributed by atoms with van der Waals surface area (Å²) < 4.78 is 4.94. The van der Waals surface area contributed by atoms with Crippen LogP contribution < -0.4 is 5.32 Å². The standard InChI is InChI=1S/C12H22N2O2/c1-16-9-12(15)14-7-3-5-11(14)10-4-2-6-13-8-10/h10-11,13H,2-9H2,1H3. The molecule has 4 nitrogen and oxygen atoms in total. The molecule has 92 valence electrons. The highest BCUT2D eigenvalue weighted by Crippen LogP contribution is 2.28. The number of carbonyl (C=O) groups excluding carboxylic acids is 1. The zero-order valence-electron chi connectivity index (χ0n) is 10.1. The molecule has 16 heavy (non-hydrogen) atoms. The van der Waals surface area contributed by atoms with Crippen LogP contribution in [0.25, 0.3) is 0 Å². The molecule has 2 rings (SSSR count). The molecule has 0 saturated carbocycles. The van der Waals surface area contributed by atoms with Gasteiger partial charge in [0.15, 0.2) is 0 Å². The summed E-state index contributed by atoms with van der Waals surface area (Å²) in [5, 5.41) is 3.43. The number of hydrogen-bond acceptors (Lipinski definition) is 3. The van der Waals surface area contributed by atoms with E-state index < -0.39 is 0 Å². The highest BCUT2D eigenvalue weighted by Gasteiger charge is 2.34. The molecular weight excluding hydrogens is 204 g/mol. The Bertz CT molecular complexity index is 239. The average molecular weight is 226 g/mol. The molecule has 1 amide bonds. The summed E-state index contributed by atoms with van der Waals surface area (Å²) in [6, 6.07) is 0.454. The number of likely N-dealkylation sites (tertiary alicyclic amines) is 1. The fourth-order valence-electron chi connectivity index (χ4n) is 3.01. The first-order chi connectivity index (χ1) is 7.83. The maximum atomic E-state index is 11.9. The first kappa shape index (κ1) is 11.9. The third-order valence-electron chi connectivity index (χ3n) is 3.77. The van der Waals surface area contributed by atoms with Gasteiger partial charge in [0.25, 0.3) is 0 Å². The van der Waals surface area contributed by atoms with Crippen molar-refractivity contribution in [3.05, 3.63) is 0 Å². The quantitative estimate of drug-likeness (QED) is 0.767. The second-order valence-electron chi connectivity index (χ2n) is 4.84. The van der Waals surface area contributed by atoms with Crippen molar-refractivity contribution in [3.8, 4) is 0 Å². The largest absolute Gasteiger partial charge is 0.375 e. The molecule has 0 radical (unpaired) electrons. The summed E-state index contributed by atoms with van der Waals surface area (Å²) in [4.78, 5) is 13.9. The van der Waals surface area contributed by atoms with Gasteiger partial charge in [-0.05, 0) is 44.7 Å². The van der Waals surface area contributed by atoms with Crippen LogP contribution in [0.15, 0.2) is 0 Å². The van der Waals surface area contributed by atoms with Crippen molar-refractivity contribution in [1.82, 2.24) is 10.2 Å². The minimum Gasteiger partial charge on any atom is -0.375 e. The van der Waals surface area contributed by atoms with Gasteiger partial charge < -0.3 is 15.0 Å². The summed E-state index contributed by atoms with van der Waals surface area (Å²) in [6.45, 7) is 3.36. The minimum atomic E-state index is 0.163. The Morgan fingerprint density at radius 2 is 2.31 bits per heavy atom. The van der Waals surface area contributed by atoms with Crippen molar-refractivity contribution in [1.29, 1.82) is 0 Å². The normalized spacial score (nSPS) is 30.7. The topological polar surface area (TPSA) is 41.6 Å². The third kappa shape index (κ3) is 2.55. The first-order valence-corrected chi connectivity index (χ1v) is 6.32. The predicted octanol–water partition coefficient (Wildman–Crippen LogP) is 0.623. The van der Waals surface area contributed by atoms with Gasteiger partial charge in [-0.15, -0.1) is 0 Å². The van der Waals surface area contributed by atoms with Gasteiger partial charge in [0.1, 0.15) is 6.61 Å². The molecule has 0 aromatic carbocycles. The number of rotatable bonds is 3. The number of nitrogens with one attached hydrogen (secondary N) is 1. The van der Waals surface area contributed by atoms with E-state index in [9.17, 15) is 4.79 Å². The average Bonchev–Trinajstić information content (AvgIpc) is 2.79. The molecule has 0 aromatic rings. The van der Waals surface area contributed by atoms with E-state index in [1.54, 1.807) is 7.11 Å². The predicted molar refractivity (Wildman–Crippen MR) is 62.2 cm³/mol. The van der Waals surface area contributed by atoms with E-state index >= 15 is 0 Å². The smallest absolute Gasteiger partial charge is 0.248 e. The zero-order chi connectivity index (χ0) is 11.4. The van der Waals surface area contributed by atoms with E-state index in [4.69, 9.17) is 4.74 Å². The van der Waals surface area contributed by atoms with Gasteiger partial charge in [0.05, 0.1) is 0 Å². The van der Waals surface area contributed by atoms with Crippen molar-refractivity contribution < 1.29 is 9.53 Å². The molecule has 2 saturated heterocycles. The molecule has 2 heterocycles. The van der Waals surface area contributed by atoms with Crippen molar-refractivity contribution in [2.24, 2.45) is 5.92 Å². The molecule has 2 aliphatic heterocycles. The van der Waals surface area contributed by atoms with E-state index in [1.807, 2.05) is 4.90 Å². The molecule has 2 fully saturated rings. The van der Waals surface area contributed by atoms with E-state index in [1.165, 1.54) is 19.3 Å². The number of nitrogens with zero attached hydrogens (tertiary/aromatic N) is 1. The fourth-order valence-corrected chi connectivity index (χ4v) is 3.01. The molecule has 2 unspecified atom stereocenters. The molecule has 0 aromatic heterocycles. The van der Waals surface area contributed by atoms with Crippen molar-refractivity contribution in [3.63, 3.8) is 0 Å². The summed E-state index contributed by atoms with van der Waals surface area (Å²) >= 11 is 0. The monoisotopic (exact) mass is 226 g/mol. The first-order valence-electron chi connectivity index (χ1n) is 6.32. The molecule has 0 spiro atoms. The molecule has 2 atom stereocenters. The van der Waals surface area contributed by atoms with Crippen molar-refractivity contribution >= 4 is 5.91 Å². The van der Waals surface area contributed by atoms with Gasteiger partial charge in [-0.25, -0.2) is 0 Å². The number of ether oxygens (including phenoxy) is 1. The van der Waals surface area contributed by atoms with Crippen LogP contribution in [-0.2, 0) is 9.53 Å². The minimum absolute atomic E-state index is 0.163. The van der Waals surface area contributed by atoms with Crippen molar-refractivity contribution in [2.75, 3.05) is 33.4 Å². The van der Waals surface area contributed by atoms with Gasteiger partial charge >= 0.3 is 0 Å². The lowest BCUT2D eigenvalue weighted by Crippen LogP contribution is -2.46. The van der Waals surface area contributed by atoms with E-state index in [0.717, 1.165) is 26.1 Å². The SMILES string of the molecule is COCC(=O)N1CCCC1C1CCCNC1. The van der Waals surface area contributed by atoms with Crippen LogP contribution in [0.4, 0.5) is 0 Å². The fraction of sp³-hybridized carbons (Fsp3) is 0.917. The number of carbonyl (C=O) groups is 1. The Kier molecular flexibility index (Phi) is 4.18. The van der Waals surface area contributed by atoms with Crippen molar-refractivity contribution in [2.45, 2.75) is 31.7 Å².